The van der Waals surface area contributed by atoms with Gasteiger partial charge in [0.05, 0.1) is 23.0 Å². The fraction of sp³-hybridized carbons (Fsp3) is 0.158. The second kappa shape index (κ2) is 8.15. The van der Waals surface area contributed by atoms with Crippen molar-refractivity contribution in [2.45, 2.75) is 13.5 Å². The first-order chi connectivity index (χ1) is 12.6. The lowest BCUT2D eigenvalue weighted by molar-refractivity contribution is 0.0697. The van der Waals surface area contributed by atoms with E-state index in [2.05, 4.69) is 0 Å². The smallest absolute Gasteiger partial charge is 0.335 e. The number of aromatic nitrogens is 1. The Morgan fingerprint density at radius 1 is 1.07 bits per heavy atom. The van der Waals surface area contributed by atoms with Crippen molar-refractivity contribution in [2.24, 2.45) is 0 Å². The molecule has 2 aromatic carbocycles. The summed E-state index contributed by atoms with van der Waals surface area (Å²) in [5.74, 6) is -1.03. The fourth-order valence-corrected chi connectivity index (χ4v) is 2.70. The molecule has 142 valence electrons. The van der Waals surface area contributed by atoms with E-state index in [1.807, 2.05) is 41.8 Å². The molecule has 27 heavy (non-hydrogen) atoms. The molecule has 0 fully saturated rings. The number of aryl methyl sites for hydroxylation is 1. The van der Waals surface area contributed by atoms with Gasteiger partial charge in [-0.25, -0.2) is 4.79 Å². The van der Waals surface area contributed by atoms with Gasteiger partial charge in [-0.3, -0.25) is 9.35 Å². The van der Waals surface area contributed by atoms with Crippen LogP contribution in [0.3, 0.4) is 0 Å². The summed E-state index contributed by atoms with van der Waals surface area (Å²) in [5.41, 5.74) is 2.51. The third-order valence-electron chi connectivity index (χ3n) is 3.74. The Balaban J connectivity index is 0.000000465. The molecule has 1 aromatic heterocycles. The number of benzene rings is 2. The van der Waals surface area contributed by atoms with Crippen molar-refractivity contribution < 1.29 is 22.9 Å². The van der Waals surface area contributed by atoms with Crippen LogP contribution in [-0.4, -0.2) is 34.9 Å². The molecule has 0 aliphatic carbocycles. The van der Waals surface area contributed by atoms with Crippen LogP contribution in [0, 0.1) is 0 Å². The van der Waals surface area contributed by atoms with E-state index in [1.165, 1.54) is 12.1 Å². The van der Waals surface area contributed by atoms with Gasteiger partial charge in [-0.05, 0) is 30.7 Å². The van der Waals surface area contributed by atoms with E-state index in [-0.39, 0.29) is 11.0 Å². The molecule has 0 radical (unpaired) electrons. The highest BCUT2D eigenvalue weighted by Crippen LogP contribution is 2.23. The van der Waals surface area contributed by atoms with Gasteiger partial charge in [-0.1, -0.05) is 30.3 Å². The summed E-state index contributed by atoms with van der Waals surface area (Å²) in [4.78, 5) is 23.5. The van der Waals surface area contributed by atoms with Gasteiger partial charge in [-0.2, -0.15) is 8.42 Å². The molecule has 0 saturated carbocycles. The van der Waals surface area contributed by atoms with Gasteiger partial charge < -0.3 is 9.67 Å². The quantitative estimate of drug-likeness (QED) is 0.666. The molecular formula is C19H19NO6S. The van der Waals surface area contributed by atoms with Crippen LogP contribution in [-0.2, 0) is 16.7 Å². The Labute approximate surface area is 156 Å². The summed E-state index contributed by atoms with van der Waals surface area (Å²) in [6.07, 6.45) is 0.715. The van der Waals surface area contributed by atoms with Crippen molar-refractivity contribution in [1.29, 1.82) is 0 Å². The van der Waals surface area contributed by atoms with Crippen molar-refractivity contribution in [1.82, 2.24) is 4.57 Å². The average Bonchev–Trinajstić information content (AvgIpc) is 2.60. The number of carboxylic acid groups (broad SMARTS) is 1. The number of fused-ring (bicyclic) bond motifs is 1. The Kier molecular flexibility index (Phi) is 6.14. The maximum absolute atomic E-state index is 12.4. The van der Waals surface area contributed by atoms with E-state index in [4.69, 9.17) is 9.66 Å². The summed E-state index contributed by atoms with van der Waals surface area (Å²) in [5, 5.41) is 9.52. The average molecular weight is 389 g/mol. The van der Waals surface area contributed by atoms with Gasteiger partial charge in [0.15, 0.2) is 5.43 Å². The van der Waals surface area contributed by atoms with Crippen molar-refractivity contribution in [3.63, 3.8) is 0 Å². The zero-order chi connectivity index (χ0) is 20.2. The SMILES string of the molecule is CCn1c(-c2ccccc2)cc(=O)c2cc(C(=O)O)ccc21.CS(=O)(=O)O. The molecule has 0 saturated heterocycles. The van der Waals surface area contributed by atoms with Gasteiger partial charge in [0, 0.05) is 18.0 Å². The maximum Gasteiger partial charge on any atom is 0.335 e. The van der Waals surface area contributed by atoms with Gasteiger partial charge in [0.25, 0.3) is 10.1 Å². The van der Waals surface area contributed by atoms with Gasteiger partial charge in [0.2, 0.25) is 0 Å². The first-order valence-corrected chi connectivity index (χ1v) is 9.85. The summed E-state index contributed by atoms with van der Waals surface area (Å²) < 4.78 is 27.9. The molecule has 7 nitrogen and oxygen atoms in total. The Morgan fingerprint density at radius 2 is 1.67 bits per heavy atom. The van der Waals surface area contributed by atoms with E-state index in [1.54, 1.807) is 12.1 Å². The Morgan fingerprint density at radius 3 is 2.19 bits per heavy atom. The van der Waals surface area contributed by atoms with Crippen molar-refractivity contribution >= 4 is 27.0 Å². The monoisotopic (exact) mass is 389 g/mol. The maximum atomic E-state index is 12.4. The second-order valence-corrected chi connectivity index (χ2v) is 7.24. The summed E-state index contributed by atoms with van der Waals surface area (Å²) in [6.45, 7) is 2.69. The van der Waals surface area contributed by atoms with Gasteiger partial charge in [-0.15, -0.1) is 0 Å². The highest BCUT2D eigenvalue weighted by molar-refractivity contribution is 7.85. The number of carbonyl (C=O) groups is 1. The van der Waals surface area contributed by atoms with Crippen molar-refractivity contribution in [2.75, 3.05) is 6.26 Å². The van der Waals surface area contributed by atoms with Crippen LogP contribution in [0.4, 0.5) is 0 Å². The third-order valence-corrected chi connectivity index (χ3v) is 3.74. The zero-order valence-electron chi connectivity index (χ0n) is 14.8. The van der Waals surface area contributed by atoms with E-state index < -0.39 is 16.1 Å². The number of rotatable bonds is 3. The molecule has 0 aliphatic heterocycles. The van der Waals surface area contributed by atoms with Crippen LogP contribution < -0.4 is 5.43 Å². The topological polar surface area (TPSA) is 114 Å². The third kappa shape index (κ3) is 5.25. The largest absolute Gasteiger partial charge is 0.478 e. The number of nitrogens with zero attached hydrogens (tertiary/aromatic N) is 1. The molecule has 0 unspecified atom stereocenters. The number of hydrogen-bond acceptors (Lipinski definition) is 4. The normalized spacial score (nSPS) is 10.9. The number of aromatic carboxylic acids is 1. The summed E-state index contributed by atoms with van der Waals surface area (Å²) in [6, 6.07) is 16.0. The second-order valence-electron chi connectivity index (χ2n) is 5.77. The number of hydrogen-bond donors (Lipinski definition) is 2. The zero-order valence-corrected chi connectivity index (χ0v) is 15.6. The molecule has 8 heteroatoms. The molecule has 3 rings (SSSR count). The molecule has 3 aromatic rings. The molecule has 0 atom stereocenters. The van der Waals surface area contributed by atoms with E-state index in [0.29, 0.717) is 18.2 Å². The molecule has 1 heterocycles. The van der Waals surface area contributed by atoms with Crippen LogP contribution >= 0.6 is 0 Å². The van der Waals surface area contributed by atoms with E-state index in [0.717, 1.165) is 16.8 Å². The van der Waals surface area contributed by atoms with Crippen LogP contribution in [0.2, 0.25) is 0 Å². The van der Waals surface area contributed by atoms with Crippen LogP contribution in [0.25, 0.3) is 22.2 Å². The van der Waals surface area contributed by atoms with E-state index >= 15 is 0 Å². The predicted octanol–water partition coefficient (Wildman–Crippen LogP) is 2.89. The summed E-state index contributed by atoms with van der Waals surface area (Å²) >= 11 is 0. The highest BCUT2D eigenvalue weighted by atomic mass is 32.2. The minimum absolute atomic E-state index is 0.125. The number of pyridine rings is 1. The lowest BCUT2D eigenvalue weighted by Gasteiger charge is -2.15. The van der Waals surface area contributed by atoms with Crippen LogP contribution in [0.15, 0.2) is 59.4 Å². The lowest BCUT2D eigenvalue weighted by atomic mass is 10.1. The Bertz CT molecular complexity index is 1130. The van der Waals surface area contributed by atoms with Crippen LogP contribution in [0.5, 0.6) is 0 Å². The van der Waals surface area contributed by atoms with E-state index in [9.17, 15) is 18.0 Å². The molecule has 0 bridgehead atoms. The molecular weight excluding hydrogens is 370 g/mol. The number of carboxylic acids is 1. The first-order valence-electron chi connectivity index (χ1n) is 8.00. The molecule has 0 spiro atoms. The van der Waals surface area contributed by atoms with Crippen LogP contribution in [0.1, 0.15) is 17.3 Å². The lowest BCUT2D eigenvalue weighted by Crippen LogP contribution is -2.12. The summed E-state index contributed by atoms with van der Waals surface area (Å²) in [7, 11) is -3.67. The minimum Gasteiger partial charge on any atom is -0.478 e. The van der Waals surface area contributed by atoms with Gasteiger partial charge >= 0.3 is 5.97 Å². The first kappa shape index (κ1) is 20.3. The highest BCUT2D eigenvalue weighted by Gasteiger charge is 2.12. The fourth-order valence-electron chi connectivity index (χ4n) is 2.70. The standard InChI is InChI=1S/C18H15NO3.CH4O3S/c1-2-19-15-9-8-13(18(21)22)10-14(15)17(20)11-16(19)12-6-4-3-5-7-12;1-5(2,3)4/h3-11H,2H2,1H3,(H,21,22);1H3,(H,2,3,4). The Hall–Kier alpha value is -2.97. The molecule has 0 amide bonds. The van der Waals surface area contributed by atoms with Gasteiger partial charge in [0.1, 0.15) is 0 Å². The molecule has 2 N–H and O–H groups in total. The van der Waals surface area contributed by atoms with Crippen molar-refractivity contribution in [3.05, 3.63) is 70.4 Å². The minimum atomic E-state index is -3.67. The molecule has 0 aliphatic rings. The predicted molar refractivity (Wildman–Crippen MR) is 104 cm³/mol. The van der Waals surface area contributed by atoms with Crippen molar-refractivity contribution in [3.8, 4) is 11.3 Å².